The maximum atomic E-state index is 10.3. The molecule has 1 aromatic carbocycles. The van der Waals surface area contributed by atoms with E-state index in [-0.39, 0.29) is 0 Å². The molecule has 1 atom stereocenters. The standard InChI is InChI=1S/C9H9ClO3/c1-6(9(11)12)13-8-4-2-3-7(10)5-8/h2-6H,1H3,(H,11,12)/p-1/t6-/m0/s1. The molecule has 0 heterocycles. The Morgan fingerprint density at radius 1 is 1.62 bits per heavy atom. The molecule has 0 amide bonds. The van der Waals surface area contributed by atoms with E-state index in [2.05, 4.69) is 0 Å². The van der Waals surface area contributed by atoms with Gasteiger partial charge in [0.25, 0.3) is 0 Å². The third-order valence-electron chi connectivity index (χ3n) is 1.44. The number of rotatable bonds is 3. The van der Waals surface area contributed by atoms with Crippen LogP contribution in [0, 0.1) is 0 Å². The maximum absolute atomic E-state index is 10.3. The van der Waals surface area contributed by atoms with Crippen molar-refractivity contribution in [3.8, 4) is 5.75 Å². The van der Waals surface area contributed by atoms with Gasteiger partial charge in [0.1, 0.15) is 11.9 Å². The Morgan fingerprint density at radius 3 is 2.85 bits per heavy atom. The molecule has 0 aliphatic heterocycles. The minimum Gasteiger partial charge on any atom is -0.546 e. The van der Waals surface area contributed by atoms with Crippen molar-refractivity contribution in [2.75, 3.05) is 0 Å². The number of carbonyl (C=O) groups is 1. The lowest BCUT2D eigenvalue weighted by molar-refractivity contribution is -0.312. The summed E-state index contributed by atoms with van der Waals surface area (Å²) in [6.45, 7) is 1.40. The van der Waals surface area contributed by atoms with E-state index in [1.807, 2.05) is 0 Å². The molecule has 0 saturated heterocycles. The van der Waals surface area contributed by atoms with Crippen molar-refractivity contribution < 1.29 is 14.6 Å². The number of halogens is 1. The monoisotopic (exact) mass is 199 g/mol. The molecule has 70 valence electrons. The first kappa shape index (κ1) is 9.86. The van der Waals surface area contributed by atoms with E-state index in [0.717, 1.165) is 0 Å². The fraction of sp³-hybridized carbons (Fsp3) is 0.222. The van der Waals surface area contributed by atoms with Crippen molar-refractivity contribution >= 4 is 17.6 Å². The minimum atomic E-state index is -1.25. The molecule has 1 aromatic rings. The maximum Gasteiger partial charge on any atom is 0.135 e. The highest BCUT2D eigenvalue weighted by atomic mass is 35.5. The molecule has 0 unspecified atom stereocenters. The Morgan fingerprint density at radius 2 is 2.31 bits per heavy atom. The van der Waals surface area contributed by atoms with Crippen LogP contribution in [0.2, 0.25) is 5.02 Å². The van der Waals surface area contributed by atoms with Gasteiger partial charge in [-0.15, -0.1) is 0 Å². The normalized spacial score (nSPS) is 12.2. The quantitative estimate of drug-likeness (QED) is 0.726. The highest BCUT2D eigenvalue weighted by Crippen LogP contribution is 2.17. The van der Waals surface area contributed by atoms with Crippen molar-refractivity contribution in [1.82, 2.24) is 0 Å². The number of benzene rings is 1. The van der Waals surface area contributed by atoms with E-state index >= 15 is 0 Å². The average molecular weight is 200 g/mol. The molecule has 0 radical (unpaired) electrons. The predicted octanol–water partition coefficient (Wildman–Crippen LogP) is 0.857. The number of hydrogen-bond donors (Lipinski definition) is 0. The smallest absolute Gasteiger partial charge is 0.135 e. The molecule has 4 heteroatoms. The zero-order chi connectivity index (χ0) is 9.84. The van der Waals surface area contributed by atoms with Crippen molar-refractivity contribution in [2.45, 2.75) is 13.0 Å². The Kier molecular flexibility index (Phi) is 3.14. The zero-order valence-electron chi connectivity index (χ0n) is 6.99. The van der Waals surface area contributed by atoms with E-state index in [1.54, 1.807) is 24.3 Å². The van der Waals surface area contributed by atoms with E-state index < -0.39 is 12.1 Å². The third kappa shape index (κ3) is 2.95. The second-order valence-corrected chi connectivity index (χ2v) is 2.97. The highest BCUT2D eigenvalue weighted by Gasteiger charge is 2.04. The second-order valence-electron chi connectivity index (χ2n) is 2.54. The van der Waals surface area contributed by atoms with Crippen molar-refractivity contribution in [3.63, 3.8) is 0 Å². The predicted molar refractivity (Wildman–Crippen MR) is 46.5 cm³/mol. The summed E-state index contributed by atoms with van der Waals surface area (Å²) in [4.78, 5) is 10.3. The summed E-state index contributed by atoms with van der Waals surface area (Å²) in [5, 5.41) is 10.8. The van der Waals surface area contributed by atoms with E-state index in [9.17, 15) is 9.90 Å². The van der Waals surface area contributed by atoms with Gasteiger partial charge in [-0.3, -0.25) is 0 Å². The van der Waals surface area contributed by atoms with Gasteiger partial charge in [-0.25, -0.2) is 0 Å². The summed E-state index contributed by atoms with van der Waals surface area (Å²) in [6, 6.07) is 6.53. The van der Waals surface area contributed by atoms with Crippen LogP contribution in [0.3, 0.4) is 0 Å². The van der Waals surface area contributed by atoms with Crippen molar-refractivity contribution in [3.05, 3.63) is 29.3 Å². The lowest BCUT2D eigenvalue weighted by Crippen LogP contribution is -2.37. The van der Waals surface area contributed by atoms with Crippen LogP contribution in [0.1, 0.15) is 6.92 Å². The van der Waals surface area contributed by atoms with Crippen LogP contribution in [-0.4, -0.2) is 12.1 Å². The molecular formula is C9H8ClO3-. The van der Waals surface area contributed by atoms with Crippen LogP contribution in [0.5, 0.6) is 5.75 Å². The van der Waals surface area contributed by atoms with Gasteiger partial charge >= 0.3 is 0 Å². The molecule has 0 aliphatic carbocycles. The summed E-state index contributed by atoms with van der Waals surface area (Å²) in [5.74, 6) is -0.829. The summed E-state index contributed by atoms with van der Waals surface area (Å²) >= 11 is 5.66. The summed E-state index contributed by atoms with van der Waals surface area (Å²) in [6.07, 6.45) is -0.974. The van der Waals surface area contributed by atoms with E-state index in [0.29, 0.717) is 10.8 Å². The molecular weight excluding hydrogens is 192 g/mol. The molecule has 0 saturated carbocycles. The molecule has 0 N–H and O–H groups in total. The average Bonchev–Trinajstić information content (AvgIpc) is 2.04. The number of aliphatic carboxylic acids is 1. The van der Waals surface area contributed by atoms with Crippen molar-refractivity contribution in [2.24, 2.45) is 0 Å². The van der Waals surface area contributed by atoms with Gasteiger partial charge in [0.15, 0.2) is 0 Å². The molecule has 0 bridgehead atoms. The molecule has 0 fully saturated rings. The SMILES string of the molecule is C[C@H](Oc1cccc(Cl)c1)C(=O)[O-]. The first-order chi connectivity index (χ1) is 6.09. The summed E-state index contributed by atoms with van der Waals surface area (Å²) < 4.78 is 5.01. The number of ether oxygens (including phenoxy) is 1. The number of carboxylic acid groups (broad SMARTS) is 1. The minimum absolute atomic E-state index is 0.421. The topological polar surface area (TPSA) is 49.4 Å². The molecule has 0 aromatic heterocycles. The lowest BCUT2D eigenvalue weighted by atomic mass is 10.3. The van der Waals surface area contributed by atoms with Gasteiger partial charge in [0, 0.05) is 5.02 Å². The zero-order valence-corrected chi connectivity index (χ0v) is 7.75. The van der Waals surface area contributed by atoms with Gasteiger partial charge < -0.3 is 14.6 Å². The number of carbonyl (C=O) groups excluding carboxylic acids is 1. The Bertz CT molecular complexity index is 311. The van der Waals surface area contributed by atoms with Crippen LogP contribution < -0.4 is 9.84 Å². The Hall–Kier alpha value is -1.22. The fourth-order valence-corrected chi connectivity index (χ4v) is 0.973. The third-order valence-corrected chi connectivity index (χ3v) is 1.68. The van der Waals surface area contributed by atoms with Crippen LogP contribution in [0.25, 0.3) is 0 Å². The van der Waals surface area contributed by atoms with Gasteiger partial charge in [0.2, 0.25) is 0 Å². The first-order valence-electron chi connectivity index (χ1n) is 3.72. The highest BCUT2D eigenvalue weighted by molar-refractivity contribution is 6.30. The number of hydrogen-bond acceptors (Lipinski definition) is 3. The Labute approximate surface area is 80.9 Å². The fourth-order valence-electron chi connectivity index (χ4n) is 0.793. The van der Waals surface area contributed by atoms with Gasteiger partial charge in [-0.05, 0) is 25.1 Å². The summed E-state index contributed by atoms with van der Waals surface area (Å²) in [7, 11) is 0. The molecule has 1 rings (SSSR count). The van der Waals surface area contributed by atoms with E-state index in [1.165, 1.54) is 6.92 Å². The number of carboxylic acids is 1. The Balaban J connectivity index is 2.69. The van der Waals surface area contributed by atoms with Crippen LogP contribution in [0.4, 0.5) is 0 Å². The van der Waals surface area contributed by atoms with Crippen LogP contribution in [0.15, 0.2) is 24.3 Å². The second kappa shape index (κ2) is 4.14. The van der Waals surface area contributed by atoms with Gasteiger partial charge in [0.05, 0.1) is 5.97 Å². The summed E-state index contributed by atoms with van der Waals surface area (Å²) in [5.41, 5.74) is 0. The molecule has 3 nitrogen and oxygen atoms in total. The van der Waals surface area contributed by atoms with E-state index in [4.69, 9.17) is 16.3 Å². The van der Waals surface area contributed by atoms with Gasteiger partial charge in [-0.1, -0.05) is 17.7 Å². The first-order valence-corrected chi connectivity index (χ1v) is 4.10. The molecule has 0 spiro atoms. The molecule has 0 aliphatic rings. The van der Waals surface area contributed by atoms with Crippen molar-refractivity contribution in [1.29, 1.82) is 0 Å². The van der Waals surface area contributed by atoms with Crippen LogP contribution >= 0.6 is 11.6 Å². The van der Waals surface area contributed by atoms with Crippen LogP contribution in [-0.2, 0) is 4.79 Å². The largest absolute Gasteiger partial charge is 0.546 e. The van der Waals surface area contributed by atoms with Gasteiger partial charge in [-0.2, -0.15) is 0 Å². The molecule has 13 heavy (non-hydrogen) atoms. The lowest BCUT2D eigenvalue weighted by Gasteiger charge is -2.15.